The van der Waals surface area contributed by atoms with Gasteiger partial charge in [0.05, 0.1) is 5.56 Å². The van der Waals surface area contributed by atoms with Crippen LogP contribution in [0.15, 0.2) is 40.8 Å². The van der Waals surface area contributed by atoms with Gasteiger partial charge in [-0.05, 0) is 18.2 Å². The van der Waals surface area contributed by atoms with Crippen LogP contribution in [0.5, 0.6) is 5.75 Å². The summed E-state index contributed by atoms with van der Waals surface area (Å²) < 4.78 is 42.4. The predicted molar refractivity (Wildman–Crippen MR) is 126 cm³/mol. The van der Waals surface area contributed by atoms with Gasteiger partial charge in [-0.15, -0.1) is 11.1 Å². The predicted octanol–water partition coefficient (Wildman–Crippen LogP) is 5.46. The van der Waals surface area contributed by atoms with E-state index in [1.807, 2.05) is 0 Å². The standard InChI is InChI=1S/C23H24BF2NO2Si2/c1-30(2,3)13-11-17-15-18(12-14-31(4,5)6)22-19(16-17)23-27(24(25,26)29-22)20-9-7-8-10-21(20)28-23/h7-10,15-16H,1-6H3. The molecule has 0 aliphatic carbocycles. The van der Waals surface area contributed by atoms with Gasteiger partial charge in [0.2, 0.25) is 5.52 Å². The Labute approximate surface area is 183 Å². The summed E-state index contributed by atoms with van der Waals surface area (Å²) in [4.78, 5) is 0. The Morgan fingerprint density at radius 3 is 2.23 bits per heavy atom. The van der Waals surface area contributed by atoms with Crippen LogP contribution < -0.4 is 9.13 Å². The van der Waals surface area contributed by atoms with Crippen molar-refractivity contribution < 1.29 is 22.2 Å². The molecule has 158 valence electrons. The summed E-state index contributed by atoms with van der Waals surface area (Å²) in [6.45, 7) is 12.8. The molecule has 0 bridgehead atoms. The lowest BCUT2D eigenvalue weighted by Crippen LogP contribution is -2.65. The number of para-hydroxylation sites is 2. The molecule has 8 heteroatoms. The van der Waals surface area contributed by atoms with Crippen LogP contribution in [-0.2, 0) is 0 Å². The molecule has 0 radical (unpaired) electrons. The molecular formula is C23H24BF2NO2Si2. The van der Waals surface area contributed by atoms with Crippen LogP contribution in [0.4, 0.5) is 8.63 Å². The number of aromatic nitrogens is 1. The molecule has 0 N–H and O–H groups in total. The molecular weight excluding hydrogens is 427 g/mol. The van der Waals surface area contributed by atoms with Crippen molar-refractivity contribution in [3.8, 4) is 40.1 Å². The topological polar surface area (TPSA) is 26.2 Å². The van der Waals surface area contributed by atoms with E-state index in [1.54, 1.807) is 36.4 Å². The Morgan fingerprint density at radius 2 is 1.55 bits per heavy atom. The molecule has 0 fully saturated rings. The highest BCUT2D eigenvalue weighted by atomic mass is 28.3. The average molecular weight is 451 g/mol. The Morgan fingerprint density at radius 1 is 0.903 bits per heavy atom. The Bertz CT molecular complexity index is 1330. The van der Waals surface area contributed by atoms with E-state index in [9.17, 15) is 0 Å². The number of fused-ring (bicyclic) bond motifs is 5. The van der Waals surface area contributed by atoms with E-state index in [-0.39, 0.29) is 11.6 Å². The second kappa shape index (κ2) is 7.12. The molecule has 0 atom stereocenters. The van der Waals surface area contributed by atoms with Gasteiger partial charge >= 0.3 is 12.9 Å². The van der Waals surface area contributed by atoms with Crippen LogP contribution >= 0.6 is 0 Å². The van der Waals surface area contributed by atoms with Crippen molar-refractivity contribution in [2.45, 2.75) is 39.3 Å². The molecule has 4 rings (SSSR count). The summed E-state index contributed by atoms with van der Waals surface area (Å²) in [6.07, 6.45) is 0. The summed E-state index contributed by atoms with van der Waals surface area (Å²) in [5, 5.41) is 0. The van der Waals surface area contributed by atoms with E-state index in [1.165, 1.54) is 0 Å². The van der Waals surface area contributed by atoms with Crippen molar-refractivity contribution in [3.63, 3.8) is 0 Å². The van der Waals surface area contributed by atoms with Crippen molar-refractivity contribution in [1.29, 1.82) is 0 Å². The highest BCUT2D eigenvalue weighted by Gasteiger charge is 2.54. The first kappa shape index (κ1) is 21.4. The maximum atomic E-state index is 15.2. The zero-order valence-electron chi connectivity index (χ0n) is 18.6. The second-order valence-corrected chi connectivity index (χ2v) is 19.3. The van der Waals surface area contributed by atoms with E-state index in [4.69, 9.17) is 9.07 Å². The van der Waals surface area contributed by atoms with E-state index >= 15 is 8.63 Å². The Hall–Kier alpha value is -2.81. The van der Waals surface area contributed by atoms with Crippen LogP contribution in [0.1, 0.15) is 11.1 Å². The molecule has 3 aromatic rings. The normalized spacial score (nSPS) is 14.5. The van der Waals surface area contributed by atoms with Gasteiger partial charge in [-0.25, -0.2) is 0 Å². The number of oxazole rings is 1. The molecule has 2 heterocycles. The zero-order valence-corrected chi connectivity index (χ0v) is 20.6. The third kappa shape index (κ3) is 4.32. The SMILES string of the molecule is C[Si](C)(C)C#Cc1cc(C#C[Si](C)(C)C)c2c(c1)-c1oc3ccccc3[n+]1[B-](F)(F)O2. The largest absolute Gasteiger partial charge is 0.837 e. The molecule has 2 aromatic carbocycles. The monoisotopic (exact) mass is 451 g/mol. The van der Waals surface area contributed by atoms with Gasteiger partial charge in [0.1, 0.15) is 27.5 Å². The van der Waals surface area contributed by atoms with Crippen LogP contribution in [0.2, 0.25) is 39.3 Å². The van der Waals surface area contributed by atoms with Gasteiger partial charge in [-0.1, -0.05) is 63.3 Å². The molecule has 0 saturated heterocycles. The minimum absolute atomic E-state index is 0.0633. The summed E-state index contributed by atoms with van der Waals surface area (Å²) in [5.74, 6) is 6.47. The quantitative estimate of drug-likeness (QED) is 0.335. The van der Waals surface area contributed by atoms with Crippen LogP contribution in [0, 0.1) is 22.9 Å². The fraction of sp³-hybridized carbons (Fsp3) is 0.261. The van der Waals surface area contributed by atoms with E-state index in [0.29, 0.717) is 22.2 Å². The van der Waals surface area contributed by atoms with Gasteiger partial charge < -0.3 is 17.7 Å². The van der Waals surface area contributed by atoms with Gasteiger partial charge in [-0.3, -0.25) is 4.48 Å². The van der Waals surface area contributed by atoms with Gasteiger partial charge in [0, 0.05) is 11.6 Å². The molecule has 0 spiro atoms. The number of nitrogens with zero attached hydrogens (tertiary/aromatic N) is 1. The lowest BCUT2D eigenvalue weighted by molar-refractivity contribution is -0.546. The number of rotatable bonds is 0. The summed E-state index contributed by atoms with van der Waals surface area (Å²) in [7, 11) is -7.74. The van der Waals surface area contributed by atoms with Crippen molar-refractivity contribution in [2.24, 2.45) is 0 Å². The highest BCUT2D eigenvalue weighted by molar-refractivity contribution is 6.84. The van der Waals surface area contributed by atoms with E-state index in [0.717, 1.165) is 10.0 Å². The van der Waals surface area contributed by atoms with Gasteiger partial charge in [-0.2, -0.15) is 0 Å². The third-order valence-corrected chi connectivity index (χ3v) is 6.33. The lowest BCUT2D eigenvalue weighted by atomic mass is 9.95. The highest BCUT2D eigenvalue weighted by Crippen LogP contribution is 2.40. The van der Waals surface area contributed by atoms with Gasteiger partial charge in [0.15, 0.2) is 5.58 Å². The molecule has 3 nitrogen and oxygen atoms in total. The lowest BCUT2D eigenvalue weighted by Gasteiger charge is -2.27. The average Bonchev–Trinajstić information content (AvgIpc) is 3.04. The van der Waals surface area contributed by atoms with Crippen LogP contribution in [0.3, 0.4) is 0 Å². The van der Waals surface area contributed by atoms with Crippen LogP contribution in [0.25, 0.3) is 22.6 Å². The third-order valence-electron chi connectivity index (χ3n) is 4.58. The maximum Gasteiger partial charge on any atom is 0.837 e. The second-order valence-electron chi connectivity index (χ2n) is 9.82. The Kier molecular flexibility index (Phi) is 4.92. The maximum absolute atomic E-state index is 15.2. The van der Waals surface area contributed by atoms with E-state index < -0.39 is 23.2 Å². The summed E-state index contributed by atoms with van der Waals surface area (Å²) in [5.41, 5.74) is 8.86. The summed E-state index contributed by atoms with van der Waals surface area (Å²) in [6, 6.07) is 10.3. The molecule has 0 saturated carbocycles. The Balaban J connectivity index is 2.03. The first-order valence-corrected chi connectivity index (χ1v) is 17.2. The number of benzene rings is 2. The number of hydrogen-bond acceptors (Lipinski definition) is 2. The smallest absolute Gasteiger partial charge is 0.598 e. The summed E-state index contributed by atoms with van der Waals surface area (Å²) >= 11 is 0. The molecule has 1 aliphatic heterocycles. The molecule has 1 aliphatic rings. The van der Waals surface area contributed by atoms with Crippen molar-refractivity contribution >= 4 is 34.3 Å². The van der Waals surface area contributed by atoms with Crippen molar-refractivity contribution in [2.75, 3.05) is 0 Å². The first-order valence-electron chi connectivity index (χ1n) is 10.2. The number of halogens is 2. The molecule has 0 unspecified atom stereocenters. The minimum atomic E-state index is -4.37. The molecule has 0 amide bonds. The fourth-order valence-electron chi connectivity index (χ4n) is 3.28. The van der Waals surface area contributed by atoms with Crippen molar-refractivity contribution in [1.82, 2.24) is 0 Å². The molecule has 31 heavy (non-hydrogen) atoms. The number of hydrogen-bond donors (Lipinski definition) is 0. The van der Waals surface area contributed by atoms with E-state index in [2.05, 4.69) is 62.2 Å². The molecule has 1 aromatic heterocycles. The zero-order chi connectivity index (χ0) is 22.6. The van der Waals surface area contributed by atoms with Crippen LogP contribution in [-0.4, -0.2) is 23.2 Å². The van der Waals surface area contributed by atoms with Gasteiger partial charge in [0.25, 0.3) is 0 Å². The minimum Gasteiger partial charge on any atom is -0.598 e. The fourth-order valence-corrected chi connectivity index (χ4v) is 4.31. The first-order chi connectivity index (χ1) is 14.3. The van der Waals surface area contributed by atoms with Crippen molar-refractivity contribution in [3.05, 3.63) is 47.5 Å².